The fraction of sp³-hybridized carbons (Fsp3) is 0.0333. The van der Waals surface area contributed by atoms with Crippen molar-refractivity contribution in [2.75, 3.05) is 0 Å². The fourth-order valence-electron chi connectivity index (χ4n) is 11.6. The van der Waals surface area contributed by atoms with Gasteiger partial charge in [-0.25, -0.2) is 0 Å². The number of phenolic OH excluding ortho intramolecular Hbond substituents is 4. The Bertz CT molecular complexity index is 3720. The predicted octanol–water partition coefficient (Wildman–Crippen LogP) is 13.8. The first-order chi connectivity index (χ1) is 31.3. The second-order valence-electron chi connectivity index (χ2n) is 17.4. The summed E-state index contributed by atoms with van der Waals surface area (Å²) in [5, 5.41) is 51.3. The van der Waals surface area contributed by atoms with Crippen molar-refractivity contribution in [2.45, 2.75) is 10.8 Å². The van der Waals surface area contributed by atoms with E-state index in [4.69, 9.17) is 0 Å². The minimum absolute atomic E-state index is 0.226. The maximum Gasteiger partial charge on any atom is 0.123 e. The number of hydrogen-bond donors (Lipinski definition) is 4. The summed E-state index contributed by atoms with van der Waals surface area (Å²) in [4.78, 5) is 0. The highest BCUT2D eigenvalue weighted by Gasteiger charge is 2.51. The van der Waals surface area contributed by atoms with Crippen molar-refractivity contribution in [3.8, 4) is 45.3 Å². The maximum absolute atomic E-state index is 11.4. The van der Waals surface area contributed by atoms with Crippen LogP contribution in [0.15, 0.2) is 206 Å². The monoisotopic (exact) mass is 822 g/mol. The third-order valence-electron chi connectivity index (χ3n) is 14.4. The Balaban J connectivity index is 1.19. The highest BCUT2D eigenvalue weighted by Crippen LogP contribution is 2.63. The highest BCUT2D eigenvalue weighted by atomic mass is 16.3. The quantitative estimate of drug-likeness (QED) is 0.143. The van der Waals surface area contributed by atoms with E-state index in [1.165, 1.54) is 0 Å². The minimum Gasteiger partial charge on any atom is -0.507 e. The number of fused-ring (bicyclic) bond motifs is 10. The van der Waals surface area contributed by atoms with Gasteiger partial charge >= 0.3 is 0 Å². The molecule has 0 aromatic heterocycles. The molecule has 0 spiro atoms. The molecule has 4 heteroatoms. The van der Waals surface area contributed by atoms with Crippen LogP contribution in [0.2, 0.25) is 0 Å². The van der Waals surface area contributed by atoms with E-state index >= 15 is 0 Å². The summed E-state index contributed by atoms with van der Waals surface area (Å²) < 4.78 is 0. The summed E-state index contributed by atoms with van der Waals surface area (Å²) in [6, 6.07) is 70.8. The zero-order valence-corrected chi connectivity index (χ0v) is 34.4. The standard InChI is InChI=1S/C60H38O4/c61-55-17-6-10-36-29-39(23-26-43(36)55)59(40-24-27-44-37(30-40)11-7-18-56(44)62)51-15-3-1-13-46(51)49-34-54-50(33-53(49)59)47-14-2-4-16-52(47)60(54,41-25-28-45-38(31-41)12-8-19-57(45)63)42-22-21-35-9-5-20-58(64)48(35)32-42/h1-34,61-64H. The molecule has 0 heterocycles. The van der Waals surface area contributed by atoms with Crippen molar-refractivity contribution in [3.63, 3.8) is 0 Å². The van der Waals surface area contributed by atoms with Crippen molar-refractivity contribution in [2.24, 2.45) is 0 Å². The average Bonchev–Trinajstić information content (AvgIpc) is 3.78. The van der Waals surface area contributed by atoms with Crippen molar-refractivity contribution < 1.29 is 20.4 Å². The first-order valence-corrected chi connectivity index (χ1v) is 21.6. The van der Waals surface area contributed by atoms with Crippen molar-refractivity contribution >= 4 is 43.1 Å². The molecule has 0 aliphatic heterocycles. The Labute approximate surface area is 368 Å². The second kappa shape index (κ2) is 13.1. The van der Waals surface area contributed by atoms with Crippen molar-refractivity contribution in [1.82, 2.24) is 0 Å². The molecular formula is C60H38O4. The van der Waals surface area contributed by atoms with Gasteiger partial charge in [0.15, 0.2) is 0 Å². The average molecular weight is 823 g/mol. The van der Waals surface area contributed by atoms with Gasteiger partial charge < -0.3 is 20.4 Å². The fourth-order valence-corrected chi connectivity index (χ4v) is 11.6. The van der Waals surface area contributed by atoms with Crippen molar-refractivity contribution in [1.29, 1.82) is 0 Å². The molecule has 0 amide bonds. The number of phenols is 4. The van der Waals surface area contributed by atoms with Gasteiger partial charge in [0.25, 0.3) is 0 Å². The van der Waals surface area contributed by atoms with Crippen LogP contribution >= 0.6 is 0 Å². The minimum atomic E-state index is -0.835. The molecular weight excluding hydrogens is 785 g/mol. The number of hydrogen-bond acceptors (Lipinski definition) is 4. The lowest BCUT2D eigenvalue weighted by Gasteiger charge is -2.36. The molecule has 11 aromatic carbocycles. The van der Waals surface area contributed by atoms with Gasteiger partial charge in [-0.05, 0) is 149 Å². The summed E-state index contributed by atoms with van der Waals surface area (Å²) in [5.74, 6) is 0.940. The highest BCUT2D eigenvalue weighted by molar-refractivity contribution is 5.99. The van der Waals surface area contributed by atoms with E-state index < -0.39 is 10.8 Å². The van der Waals surface area contributed by atoms with Gasteiger partial charge in [-0.3, -0.25) is 0 Å². The molecule has 4 nitrogen and oxygen atoms in total. The first kappa shape index (κ1) is 36.3. The van der Waals surface area contributed by atoms with Crippen LogP contribution in [0.1, 0.15) is 44.5 Å². The lowest BCUT2D eigenvalue weighted by molar-refractivity contribution is 0.481. The summed E-state index contributed by atoms with van der Waals surface area (Å²) in [5.41, 5.74) is 11.5. The van der Waals surface area contributed by atoms with Crippen LogP contribution in [-0.2, 0) is 10.8 Å². The summed E-state index contributed by atoms with van der Waals surface area (Å²) in [6.07, 6.45) is 0. The summed E-state index contributed by atoms with van der Waals surface area (Å²) >= 11 is 0. The molecule has 1 atom stereocenters. The molecule has 0 fully saturated rings. The summed E-state index contributed by atoms with van der Waals surface area (Å²) in [7, 11) is 0. The zero-order chi connectivity index (χ0) is 42.9. The van der Waals surface area contributed by atoms with E-state index in [0.29, 0.717) is 0 Å². The molecule has 11 aromatic rings. The van der Waals surface area contributed by atoms with Crippen LogP contribution in [-0.4, -0.2) is 20.4 Å². The largest absolute Gasteiger partial charge is 0.507 e. The third-order valence-corrected chi connectivity index (χ3v) is 14.4. The Morgan fingerprint density at radius 3 is 1.03 bits per heavy atom. The van der Waals surface area contributed by atoms with E-state index in [9.17, 15) is 20.4 Å². The summed E-state index contributed by atoms with van der Waals surface area (Å²) in [6.45, 7) is 0. The number of aromatic hydroxyl groups is 4. The van der Waals surface area contributed by atoms with Gasteiger partial charge in [0, 0.05) is 21.5 Å². The third kappa shape index (κ3) is 4.71. The van der Waals surface area contributed by atoms with Crippen LogP contribution in [0.25, 0.3) is 65.3 Å². The van der Waals surface area contributed by atoms with E-state index in [-0.39, 0.29) is 23.0 Å². The molecule has 13 rings (SSSR count). The van der Waals surface area contributed by atoms with Gasteiger partial charge in [0.2, 0.25) is 0 Å². The van der Waals surface area contributed by atoms with E-state index in [1.807, 2.05) is 48.5 Å². The first-order valence-electron chi connectivity index (χ1n) is 21.6. The lowest BCUT2D eigenvalue weighted by atomic mass is 9.65. The van der Waals surface area contributed by atoms with Crippen LogP contribution < -0.4 is 0 Å². The number of rotatable bonds is 4. The Morgan fingerprint density at radius 2 is 0.594 bits per heavy atom. The molecule has 64 heavy (non-hydrogen) atoms. The van der Waals surface area contributed by atoms with Crippen LogP contribution in [0.4, 0.5) is 0 Å². The lowest BCUT2D eigenvalue weighted by Crippen LogP contribution is -2.30. The number of benzene rings is 11. The van der Waals surface area contributed by atoms with E-state index in [1.54, 1.807) is 24.3 Å². The van der Waals surface area contributed by atoms with Gasteiger partial charge in [-0.15, -0.1) is 0 Å². The van der Waals surface area contributed by atoms with Crippen LogP contribution in [0.3, 0.4) is 0 Å². The SMILES string of the molecule is Oc1cccc2cc(C3(c4ccc5c(O)cccc5c4)c4ccccc4-c4cc5c(cc43)-c3ccccc3C5(c3ccc4c(O)cccc4c3)c3ccc4cccc(O)c4c3)ccc12. The van der Waals surface area contributed by atoms with Gasteiger partial charge in [-0.1, -0.05) is 146 Å². The van der Waals surface area contributed by atoms with Gasteiger partial charge in [0.05, 0.1) is 10.8 Å². The predicted molar refractivity (Wildman–Crippen MR) is 258 cm³/mol. The van der Waals surface area contributed by atoms with E-state index in [2.05, 4.69) is 133 Å². The smallest absolute Gasteiger partial charge is 0.123 e. The molecule has 4 N–H and O–H groups in total. The van der Waals surface area contributed by atoms with Crippen LogP contribution in [0.5, 0.6) is 23.0 Å². The molecule has 0 radical (unpaired) electrons. The van der Waals surface area contributed by atoms with Gasteiger partial charge in [-0.2, -0.15) is 0 Å². The topological polar surface area (TPSA) is 80.9 Å². The molecule has 302 valence electrons. The van der Waals surface area contributed by atoms with Gasteiger partial charge in [0.1, 0.15) is 23.0 Å². The zero-order valence-electron chi connectivity index (χ0n) is 34.4. The second-order valence-corrected chi connectivity index (χ2v) is 17.4. The normalized spacial score (nSPS) is 15.6. The Hall–Kier alpha value is -8.34. The Kier molecular flexibility index (Phi) is 7.43. The molecule has 0 saturated carbocycles. The molecule has 1 unspecified atom stereocenters. The molecule has 2 aliphatic rings. The Morgan fingerprint density at radius 1 is 0.234 bits per heavy atom. The van der Waals surface area contributed by atoms with E-state index in [0.717, 1.165) is 110 Å². The maximum atomic E-state index is 11.4. The molecule has 0 saturated heterocycles. The van der Waals surface area contributed by atoms with Crippen molar-refractivity contribution in [3.05, 3.63) is 251 Å². The molecule has 2 aliphatic carbocycles. The van der Waals surface area contributed by atoms with Crippen LogP contribution in [0, 0.1) is 0 Å². The molecule has 0 bridgehead atoms.